The fraction of sp³-hybridized carbons (Fsp3) is 0.750. The van der Waals surface area contributed by atoms with Crippen LogP contribution in [0.2, 0.25) is 0 Å². The van der Waals surface area contributed by atoms with Gasteiger partial charge in [-0.25, -0.2) is 8.42 Å². The zero-order valence-corrected chi connectivity index (χ0v) is 17.9. The van der Waals surface area contributed by atoms with Gasteiger partial charge in [0.2, 0.25) is 0 Å². The van der Waals surface area contributed by atoms with Crippen LogP contribution in [0, 0.1) is 13.8 Å². The van der Waals surface area contributed by atoms with Gasteiger partial charge < -0.3 is 10.2 Å². The highest BCUT2D eigenvalue weighted by Crippen LogP contribution is 2.27. The third-order valence-electron chi connectivity index (χ3n) is 4.57. The largest absolute Gasteiger partial charge is 0.363 e. The maximum Gasteiger partial charge on any atom is 0.168 e. The van der Waals surface area contributed by atoms with Crippen LogP contribution in [0.25, 0.3) is 0 Å². The van der Waals surface area contributed by atoms with E-state index < -0.39 is 9.84 Å². The van der Waals surface area contributed by atoms with E-state index in [0.717, 1.165) is 40.8 Å². The van der Waals surface area contributed by atoms with Crippen LogP contribution in [-0.2, 0) is 16.4 Å². The molecule has 1 aromatic rings. The first-order chi connectivity index (χ1) is 11.7. The standard InChI is InChI=1S/C16H28N4O2S3/c1-12-15(10-19(3)16(23)17-7-5-8-24-4)13(2)20(18-12)14-6-9-25(21,22)11-14/h14H,5-11H2,1-4H3,(H,17,23)/t14-/m1/s1. The summed E-state index contributed by atoms with van der Waals surface area (Å²) in [6.07, 6.45) is 3.83. The van der Waals surface area contributed by atoms with E-state index in [1.54, 1.807) is 0 Å². The van der Waals surface area contributed by atoms with Crippen molar-refractivity contribution in [3.63, 3.8) is 0 Å². The normalized spacial score (nSPS) is 19.1. The molecule has 2 rings (SSSR count). The number of aromatic nitrogens is 2. The zero-order valence-electron chi connectivity index (χ0n) is 15.4. The van der Waals surface area contributed by atoms with Crippen molar-refractivity contribution in [2.24, 2.45) is 0 Å². The van der Waals surface area contributed by atoms with Crippen molar-refractivity contribution in [2.75, 3.05) is 37.1 Å². The lowest BCUT2D eigenvalue weighted by Gasteiger charge is -2.21. The molecule has 1 aliphatic rings. The number of thiocarbonyl (C=S) groups is 1. The van der Waals surface area contributed by atoms with E-state index in [2.05, 4.69) is 16.7 Å². The van der Waals surface area contributed by atoms with Gasteiger partial charge in [-0.2, -0.15) is 16.9 Å². The highest BCUT2D eigenvalue weighted by molar-refractivity contribution is 7.98. The van der Waals surface area contributed by atoms with Gasteiger partial charge >= 0.3 is 0 Å². The third kappa shape index (κ3) is 5.34. The number of nitrogens with zero attached hydrogens (tertiary/aromatic N) is 3. The van der Waals surface area contributed by atoms with E-state index in [-0.39, 0.29) is 17.5 Å². The lowest BCUT2D eigenvalue weighted by molar-refractivity contribution is 0.474. The summed E-state index contributed by atoms with van der Waals surface area (Å²) in [7, 11) is -0.947. The SMILES string of the molecule is CSCCCNC(=S)N(C)Cc1c(C)nn([C@@H]2CCS(=O)(=O)C2)c1C. The molecule has 0 unspecified atom stereocenters. The van der Waals surface area contributed by atoms with Crippen LogP contribution in [0.15, 0.2) is 0 Å². The molecule has 0 amide bonds. The van der Waals surface area contributed by atoms with Crippen molar-refractivity contribution in [1.29, 1.82) is 0 Å². The molecule has 0 aliphatic carbocycles. The summed E-state index contributed by atoms with van der Waals surface area (Å²) in [6, 6.07) is -0.0422. The molecule has 1 saturated heterocycles. The van der Waals surface area contributed by atoms with Crippen LogP contribution in [-0.4, -0.2) is 65.3 Å². The molecule has 0 radical (unpaired) electrons. The first-order valence-corrected chi connectivity index (χ1v) is 12.1. The predicted molar refractivity (Wildman–Crippen MR) is 109 cm³/mol. The van der Waals surface area contributed by atoms with Crippen molar-refractivity contribution in [2.45, 2.75) is 39.3 Å². The highest BCUT2D eigenvalue weighted by atomic mass is 32.2. The van der Waals surface area contributed by atoms with E-state index in [9.17, 15) is 8.42 Å². The number of nitrogens with one attached hydrogen (secondary N) is 1. The Bertz CT molecular complexity index is 715. The molecule has 142 valence electrons. The Kier molecular flexibility index (Phi) is 7.16. The van der Waals surface area contributed by atoms with Gasteiger partial charge in [-0.15, -0.1) is 0 Å². The Hall–Kier alpha value is -0.800. The van der Waals surface area contributed by atoms with Crippen molar-refractivity contribution >= 4 is 38.9 Å². The highest BCUT2D eigenvalue weighted by Gasteiger charge is 2.31. The fourth-order valence-electron chi connectivity index (χ4n) is 3.11. The second kappa shape index (κ2) is 8.73. The van der Waals surface area contributed by atoms with Gasteiger partial charge in [0.25, 0.3) is 0 Å². The van der Waals surface area contributed by atoms with Crippen molar-refractivity contribution in [3.05, 3.63) is 17.0 Å². The predicted octanol–water partition coefficient (Wildman–Crippen LogP) is 1.92. The van der Waals surface area contributed by atoms with Gasteiger partial charge in [0.15, 0.2) is 14.9 Å². The van der Waals surface area contributed by atoms with Crippen LogP contribution in [0.5, 0.6) is 0 Å². The van der Waals surface area contributed by atoms with Gasteiger partial charge in [-0.3, -0.25) is 4.68 Å². The lowest BCUT2D eigenvalue weighted by Crippen LogP contribution is -2.37. The molecule has 6 nitrogen and oxygen atoms in total. The quantitative estimate of drug-likeness (QED) is 0.550. The van der Waals surface area contributed by atoms with E-state index in [4.69, 9.17) is 12.2 Å². The minimum absolute atomic E-state index is 0.0422. The zero-order chi connectivity index (χ0) is 18.6. The van der Waals surface area contributed by atoms with E-state index in [1.165, 1.54) is 0 Å². The Balaban J connectivity index is 2.01. The van der Waals surface area contributed by atoms with Crippen molar-refractivity contribution < 1.29 is 8.42 Å². The maximum atomic E-state index is 11.8. The van der Waals surface area contributed by atoms with Crippen molar-refractivity contribution in [1.82, 2.24) is 20.0 Å². The fourth-order valence-corrected chi connectivity index (χ4v) is 5.40. The molecule has 0 saturated carbocycles. The Morgan fingerprint density at radius 3 is 2.80 bits per heavy atom. The molecule has 1 aliphatic heterocycles. The summed E-state index contributed by atoms with van der Waals surface area (Å²) in [5.74, 6) is 1.57. The minimum atomic E-state index is -2.92. The second-order valence-electron chi connectivity index (χ2n) is 6.59. The Morgan fingerprint density at radius 2 is 2.20 bits per heavy atom. The monoisotopic (exact) mass is 404 g/mol. The molecule has 2 heterocycles. The van der Waals surface area contributed by atoms with Crippen molar-refractivity contribution in [3.8, 4) is 0 Å². The van der Waals surface area contributed by atoms with Gasteiger partial charge in [0, 0.05) is 31.4 Å². The second-order valence-corrected chi connectivity index (χ2v) is 10.2. The van der Waals surface area contributed by atoms with Gasteiger partial charge in [0.05, 0.1) is 23.2 Å². The Morgan fingerprint density at radius 1 is 1.48 bits per heavy atom. The van der Waals surface area contributed by atoms with Crippen LogP contribution < -0.4 is 5.32 Å². The summed E-state index contributed by atoms with van der Waals surface area (Å²) in [5.41, 5.74) is 3.11. The van der Waals surface area contributed by atoms with Crippen LogP contribution in [0.1, 0.15) is 35.8 Å². The van der Waals surface area contributed by atoms with Crippen LogP contribution in [0.3, 0.4) is 0 Å². The van der Waals surface area contributed by atoms with Crippen LogP contribution >= 0.6 is 24.0 Å². The number of rotatable bonds is 7. The van der Waals surface area contributed by atoms with E-state index >= 15 is 0 Å². The topological polar surface area (TPSA) is 67.2 Å². The molecule has 0 aromatic carbocycles. The van der Waals surface area contributed by atoms with Crippen LogP contribution in [0.4, 0.5) is 0 Å². The summed E-state index contributed by atoms with van der Waals surface area (Å²) in [5, 5.41) is 8.63. The van der Waals surface area contributed by atoms with E-state index in [1.807, 2.05) is 42.2 Å². The summed E-state index contributed by atoms with van der Waals surface area (Å²) >= 11 is 7.29. The molecule has 1 aromatic heterocycles. The molecule has 0 spiro atoms. The van der Waals surface area contributed by atoms with Gasteiger partial charge in [0.1, 0.15) is 0 Å². The maximum absolute atomic E-state index is 11.8. The third-order valence-corrected chi connectivity index (χ3v) is 7.48. The molecule has 9 heteroatoms. The summed E-state index contributed by atoms with van der Waals surface area (Å²) in [4.78, 5) is 2.02. The average Bonchev–Trinajstić information content (AvgIpc) is 3.04. The number of thioether (sulfide) groups is 1. The molecule has 1 atom stereocenters. The van der Waals surface area contributed by atoms with Gasteiger partial charge in [-0.1, -0.05) is 0 Å². The molecule has 1 N–H and O–H groups in total. The minimum Gasteiger partial charge on any atom is -0.363 e. The first-order valence-electron chi connectivity index (χ1n) is 8.48. The molecular formula is C16H28N4O2S3. The van der Waals surface area contributed by atoms with Gasteiger partial charge in [-0.05, 0) is 50.9 Å². The number of sulfone groups is 1. The lowest BCUT2D eigenvalue weighted by atomic mass is 10.2. The smallest absolute Gasteiger partial charge is 0.168 e. The average molecular weight is 405 g/mol. The number of aryl methyl sites for hydroxylation is 1. The molecular weight excluding hydrogens is 376 g/mol. The number of hydrogen-bond acceptors (Lipinski definition) is 5. The summed E-state index contributed by atoms with van der Waals surface area (Å²) < 4.78 is 25.4. The molecule has 0 bridgehead atoms. The first kappa shape index (κ1) is 20.5. The number of hydrogen-bond donors (Lipinski definition) is 1. The van der Waals surface area contributed by atoms with E-state index in [0.29, 0.717) is 13.0 Å². The molecule has 25 heavy (non-hydrogen) atoms. The summed E-state index contributed by atoms with van der Waals surface area (Å²) in [6.45, 7) is 5.54. The molecule has 1 fully saturated rings. The Labute approximate surface area is 160 Å².